The third-order valence-electron chi connectivity index (χ3n) is 5.17. The Kier molecular flexibility index (Phi) is 4.94. The molecule has 0 unspecified atom stereocenters. The van der Waals surface area contributed by atoms with Crippen molar-refractivity contribution in [1.82, 2.24) is 14.5 Å². The first-order valence-corrected chi connectivity index (χ1v) is 10.1. The zero-order chi connectivity index (χ0) is 20.8. The molecule has 5 nitrogen and oxygen atoms in total. The normalized spacial score (nSPS) is 14.7. The number of halogens is 3. The highest BCUT2D eigenvalue weighted by molar-refractivity contribution is 7.17. The van der Waals surface area contributed by atoms with Crippen molar-refractivity contribution < 1.29 is 18.0 Å². The fraction of sp³-hybridized carbons (Fsp3) is 0.350. The number of fused-ring (bicyclic) bond motifs is 1. The number of nitrogens with zero attached hydrogens (tertiary/aromatic N) is 3. The summed E-state index contributed by atoms with van der Waals surface area (Å²) in [5.41, 5.74) is 0.411. The number of thiophene rings is 1. The van der Waals surface area contributed by atoms with Gasteiger partial charge < -0.3 is 4.90 Å². The molecule has 3 aromatic rings. The average molecular weight is 421 g/mol. The molecule has 29 heavy (non-hydrogen) atoms. The van der Waals surface area contributed by atoms with Crippen LogP contribution in [0.15, 0.2) is 34.7 Å². The van der Waals surface area contributed by atoms with Gasteiger partial charge >= 0.3 is 6.18 Å². The maximum atomic E-state index is 13.1. The number of carbonyl (C=O) groups is 1. The van der Waals surface area contributed by atoms with Crippen LogP contribution in [0.2, 0.25) is 0 Å². The summed E-state index contributed by atoms with van der Waals surface area (Å²) >= 11 is 1.25. The number of likely N-dealkylation sites (tertiary alicyclic amines) is 1. The Bertz CT molecular complexity index is 1140. The summed E-state index contributed by atoms with van der Waals surface area (Å²) in [5.74, 6) is -0.131. The van der Waals surface area contributed by atoms with Crippen LogP contribution in [0.25, 0.3) is 21.3 Å². The predicted octanol–water partition coefficient (Wildman–Crippen LogP) is 4.07. The molecule has 1 aromatic carbocycles. The number of aromatic nitrogens is 2. The summed E-state index contributed by atoms with van der Waals surface area (Å²) < 4.78 is 40.2. The SMILES string of the molecule is Cc1cc(C(F)(F)F)ccc1-c1csc2ncn(CC(=O)N3CCCC3)c(=O)c12. The van der Waals surface area contributed by atoms with E-state index in [1.54, 1.807) is 17.2 Å². The molecule has 1 aliphatic heterocycles. The number of carbonyl (C=O) groups excluding carboxylic acids is 1. The van der Waals surface area contributed by atoms with Crippen LogP contribution >= 0.6 is 11.3 Å². The van der Waals surface area contributed by atoms with Crippen molar-refractivity contribution in [3.05, 3.63) is 51.4 Å². The Balaban J connectivity index is 1.75. The Labute approximate surface area is 168 Å². The zero-order valence-electron chi connectivity index (χ0n) is 15.6. The van der Waals surface area contributed by atoms with Crippen LogP contribution < -0.4 is 5.56 Å². The molecule has 9 heteroatoms. The number of benzene rings is 1. The van der Waals surface area contributed by atoms with Crippen LogP contribution in [-0.4, -0.2) is 33.4 Å². The van der Waals surface area contributed by atoms with Gasteiger partial charge in [0.2, 0.25) is 5.91 Å². The van der Waals surface area contributed by atoms with Crippen molar-refractivity contribution in [3.8, 4) is 11.1 Å². The minimum atomic E-state index is -4.43. The van der Waals surface area contributed by atoms with Gasteiger partial charge in [0.1, 0.15) is 11.4 Å². The molecule has 1 aliphatic rings. The molecule has 0 radical (unpaired) electrons. The van der Waals surface area contributed by atoms with E-state index in [0.717, 1.165) is 25.0 Å². The number of rotatable bonds is 3. The van der Waals surface area contributed by atoms with Crippen LogP contribution in [0, 0.1) is 6.92 Å². The minimum Gasteiger partial charge on any atom is -0.341 e. The largest absolute Gasteiger partial charge is 0.416 e. The molecule has 1 amide bonds. The Hall–Kier alpha value is -2.68. The lowest BCUT2D eigenvalue weighted by molar-refractivity contribution is -0.137. The first kappa shape index (κ1) is 19.6. The van der Waals surface area contributed by atoms with Crippen molar-refractivity contribution >= 4 is 27.5 Å². The van der Waals surface area contributed by atoms with Crippen molar-refractivity contribution in [1.29, 1.82) is 0 Å². The first-order chi connectivity index (χ1) is 13.8. The fourth-order valence-electron chi connectivity index (χ4n) is 3.63. The molecule has 0 saturated carbocycles. The summed E-state index contributed by atoms with van der Waals surface area (Å²) in [5, 5.41) is 2.05. The van der Waals surface area contributed by atoms with E-state index in [1.807, 2.05) is 0 Å². The smallest absolute Gasteiger partial charge is 0.341 e. The summed E-state index contributed by atoms with van der Waals surface area (Å²) in [7, 11) is 0. The van der Waals surface area contributed by atoms with Crippen molar-refractivity contribution in [2.45, 2.75) is 32.5 Å². The lowest BCUT2D eigenvalue weighted by atomic mass is 9.98. The Morgan fingerprint density at radius 3 is 2.59 bits per heavy atom. The molecule has 4 rings (SSSR count). The highest BCUT2D eigenvalue weighted by Gasteiger charge is 2.31. The van der Waals surface area contributed by atoms with Gasteiger partial charge in [0, 0.05) is 24.0 Å². The molecule has 0 atom stereocenters. The summed E-state index contributed by atoms with van der Waals surface area (Å²) in [4.78, 5) is 32.0. The molecule has 3 heterocycles. The van der Waals surface area contributed by atoms with Gasteiger partial charge in [-0.2, -0.15) is 13.2 Å². The van der Waals surface area contributed by atoms with Gasteiger partial charge in [0.15, 0.2) is 0 Å². The zero-order valence-corrected chi connectivity index (χ0v) is 16.4. The second-order valence-electron chi connectivity index (χ2n) is 7.12. The second-order valence-corrected chi connectivity index (χ2v) is 7.98. The highest BCUT2D eigenvalue weighted by Crippen LogP contribution is 2.36. The van der Waals surface area contributed by atoms with Crippen molar-refractivity contribution in [3.63, 3.8) is 0 Å². The van der Waals surface area contributed by atoms with Crippen LogP contribution in [0.5, 0.6) is 0 Å². The highest BCUT2D eigenvalue weighted by atomic mass is 32.1. The molecule has 0 bridgehead atoms. The molecule has 0 spiro atoms. The molecule has 152 valence electrons. The van der Waals surface area contributed by atoms with Crippen molar-refractivity contribution in [2.24, 2.45) is 0 Å². The topological polar surface area (TPSA) is 55.2 Å². The quantitative estimate of drug-likeness (QED) is 0.641. The van der Waals surface area contributed by atoms with E-state index in [9.17, 15) is 22.8 Å². The summed E-state index contributed by atoms with van der Waals surface area (Å²) in [6.07, 6.45) is -1.15. The van der Waals surface area contributed by atoms with Gasteiger partial charge in [0.25, 0.3) is 5.56 Å². The number of hydrogen-bond acceptors (Lipinski definition) is 4. The number of aryl methyl sites for hydroxylation is 1. The lowest BCUT2D eigenvalue weighted by Gasteiger charge is -2.16. The molecular formula is C20H18F3N3O2S. The molecule has 0 aliphatic carbocycles. The predicted molar refractivity (Wildman–Crippen MR) is 105 cm³/mol. The first-order valence-electron chi connectivity index (χ1n) is 9.18. The second kappa shape index (κ2) is 7.29. The number of alkyl halides is 3. The number of amides is 1. The summed E-state index contributed by atoms with van der Waals surface area (Å²) in [6, 6.07) is 3.47. The Morgan fingerprint density at radius 1 is 1.21 bits per heavy atom. The van der Waals surface area contributed by atoms with Gasteiger partial charge in [-0.1, -0.05) is 6.07 Å². The fourth-order valence-corrected chi connectivity index (χ4v) is 4.53. The van der Waals surface area contributed by atoms with Gasteiger partial charge in [-0.25, -0.2) is 4.98 Å². The van der Waals surface area contributed by atoms with Gasteiger partial charge in [-0.05, 0) is 43.0 Å². The van der Waals surface area contributed by atoms with E-state index in [4.69, 9.17) is 0 Å². The molecule has 2 aromatic heterocycles. The van der Waals surface area contributed by atoms with Gasteiger partial charge in [-0.3, -0.25) is 14.2 Å². The van der Waals surface area contributed by atoms with E-state index in [2.05, 4.69) is 4.98 Å². The maximum Gasteiger partial charge on any atom is 0.416 e. The van der Waals surface area contributed by atoms with E-state index < -0.39 is 11.7 Å². The summed E-state index contributed by atoms with van der Waals surface area (Å²) in [6.45, 7) is 2.87. The average Bonchev–Trinajstić information content (AvgIpc) is 3.33. The van der Waals surface area contributed by atoms with Crippen LogP contribution in [-0.2, 0) is 17.5 Å². The molecule has 1 saturated heterocycles. The van der Waals surface area contributed by atoms with E-state index in [1.165, 1.54) is 28.3 Å². The standard InChI is InChI=1S/C20H18F3N3O2S/c1-12-8-13(20(21,22)23)4-5-14(12)15-10-29-18-17(15)19(28)26(11-24-18)9-16(27)25-6-2-3-7-25/h4-5,8,10-11H,2-3,6-7,9H2,1H3. The molecule has 1 fully saturated rings. The lowest BCUT2D eigenvalue weighted by Crippen LogP contribution is -2.34. The molecular weight excluding hydrogens is 403 g/mol. The van der Waals surface area contributed by atoms with Crippen LogP contribution in [0.1, 0.15) is 24.0 Å². The number of hydrogen-bond donors (Lipinski definition) is 0. The third kappa shape index (κ3) is 3.66. The van der Waals surface area contributed by atoms with Crippen molar-refractivity contribution in [2.75, 3.05) is 13.1 Å². The third-order valence-corrected chi connectivity index (χ3v) is 6.06. The monoisotopic (exact) mass is 421 g/mol. The van der Waals surface area contributed by atoms with E-state index >= 15 is 0 Å². The maximum absolute atomic E-state index is 13.1. The van der Waals surface area contributed by atoms with Gasteiger partial charge in [-0.15, -0.1) is 11.3 Å². The Morgan fingerprint density at radius 2 is 1.93 bits per heavy atom. The van der Waals surface area contributed by atoms with Crippen LogP contribution in [0.4, 0.5) is 13.2 Å². The van der Waals surface area contributed by atoms with E-state index in [-0.39, 0.29) is 18.0 Å². The minimum absolute atomic E-state index is 0.0942. The van der Waals surface area contributed by atoms with E-state index in [0.29, 0.717) is 40.0 Å². The van der Waals surface area contributed by atoms with Crippen LogP contribution in [0.3, 0.4) is 0 Å². The molecule has 0 N–H and O–H groups in total. The van der Waals surface area contributed by atoms with Gasteiger partial charge in [0.05, 0.1) is 17.3 Å².